The quantitative estimate of drug-likeness (QED) is 0.900. The smallest absolute Gasteiger partial charge is 0.142 e. The van der Waals surface area contributed by atoms with E-state index >= 15 is 0 Å². The maximum atomic E-state index is 6.05. The number of nitrogens with one attached hydrogen (secondary N) is 1. The Labute approximate surface area is 132 Å². The summed E-state index contributed by atoms with van der Waals surface area (Å²) in [7, 11) is 0. The van der Waals surface area contributed by atoms with Gasteiger partial charge in [-0.15, -0.1) is 0 Å². The van der Waals surface area contributed by atoms with Gasteiger partial charge in [0.1, 0.15) is 17.6 Å². The molecular formula is C19H23NO2. The summed E-state index contributed by atoms with van der Waals surface area (Å²) in [5, 5.41) is 3.43. The minimum atomic E-state index is 0.164. The Morgan fingerprint density at radius 2 is 1.91 bits per heavy atom. The van der Waals surface area contributed by atoms with Gasteiger partial charge in [0.15, 0.2) is 0 Å². The van der Waals surface area contributed by atoms with Crippen molar-refractivity contribution in [3.63, 3.8) is 0 Å². The highest BCUT2D eigenvalue weighted by Crippen LogP contribution is 2.29. The zero-order valence-electron chi connectivity index (χ0n) is 13.2. The van der Waals surface area contributed by atoms with Gasteiger partial charge in [-0.2, -0.15) is 0 Å². The molecule has 1 N–H and O–H groups in total. The molecule has 1 aliphatic heterocycles. The van der Waals surface area contributed by atoms with Crippen LogP contribution in [0.15, 0.2) is 48.5 Å². The number of hydrogen-bond donors (Lipinski definition) is 1. The Morgan fingerprint density at radius 3 is 2.68 bits per heavy atom. The Bertz CT molecular complexity index is 607. The monoisotopic (exact) mass is 297 g/mol. The first-order chi connectivity index (χ1) is 10.7. The number of rotatable bonds is 5. The molecule has 0 aromatic heterocycles. The van der Waals surface area contributed by atoms with Crippen LogP contribution in [-0.4, -0.2) is 19.3 Å². The molecule has 116 valence electrons. The van der Waals surface area contributed by atoms with Crippen LogP contribution in [-0.2, 0) is 6.42 Å². The van der Waals surface area contributed by atoms with Crippen LogP contribution >= 0.6 is 0 Å². The summed E-state index contributed by atoms with van der Waals surface area (Å²) < 4.78 is 11.8. The van der Waals surface area contributed by atoms with E-state index in [-0.39, 0.29) is 6.10 Å². The predicted octanol–water partition coefficient (Wildman–Crippen LogP) is 4.14. The molecule has 1 aliphatic rings. The standard InChI is InChI=1S/C19H23NO2/c1-14(2)13-21-16-9-7-15(8-10-16)11-17-12-20-18-5-3-4-6-19(18)22-17/h3-10,14,17,20H,11-13H2,1-2H3. The molecule has 22 heavy (non-hydrogen) atoms. The van der Waals surface area contributed by atoms with E-state index in [9.17, 15) is 0 Å². The molecule has 1 unspecified atom stereocenters. The zero-order chi connectivity index (χ0) is 15.4. The van der Waals surface area contributed by atoms with Crippen LogP contribution in [0.2, 0.25) is 0 Å². The van der Waals surface area contributed by atoms with Gasteiger partial charge in [-0.1, -0.05) is 38.1 Å². The molecule has 0 bridgehead atoms. The lowest BCUT2D eigenvalue weighted by molar-refractivity contribution is 0.206. The normalized spacial score (nSPS) is 16.6. The summed E-state index contributed by atoms with van der Waals surface area (Å²) in [6, 6.07) is 16.4. The summed E-state index contributed by atoms with van der Waals surface area (Å²) in [5.41, 5.74) is 2.35. The van der Waals surface area contributed by atoms with Gasteiger partial charge >= 0.3 is 0 Å². The molecule has 0 radical (unpaired) electrons. The van der Waals surface area contributed by atoms with Crippen LogP contribution in [0.5, 0.6) is 11.5 Å². The highest BCUT2D eigenvalue weighted by atomic mass is 16.5. The Kier molecular flexibility index (Phi) is 4.52. The van der Waals surface area contributed by atoms with Crippen molar-refractivity contribution in [2.75, 3.05) is 18.5 Å². The van der Waals surface area contributed by atoms with Crippen LogP contribution in [0.4, 0.5) is 5.69 Å². The molecule has 0 saturated carbocycles. The van der Waals surface area contributed by atoms with Gasteiger partial charge in [-0.3, -0.25) is 0 Å². The average Bonchev–Trinajstić information content (AvgIpc) is 2.54. The molecule has 0 spiro atoms. The molecule has 2 aromatic rings. The first-order valence-electron chi connectivity index (χ1n) is 7.92. The summed E-state index contributed by atoms with van der Waals surface area (Å²) in [6.45, 7) is 5.90. The topological polar surface area (TPSA) is 30.5 Å². The van der Waals surface area contributed by atoms with Gasteiger partial charge in [0.05, 0.1) is 18.8 Å². The van der Waals surface area contributed by atoms with Crippen LogP contribution in [0.25, 0.3) is 0 Å². The van der Waals surface area contributed by atoms with Gasteiger partial charge in [0.25, 0.3) is 0 Å². The van der Waals surface area contributed by atoms with Crippen molar-refractivity contribution in [2.45, 2.75) is 26.4 Å². The lowest BCUT2D eigenvalue weighted by Crippen LogP contribution is -2.32. The number of benzene rings is 2. The van der Waals surface area contributed by atoms with Crippen molar-refractivity contribution < 1.29 is 9.47 Å². The molecule has 1 atom stereocenters. The third kappa shape index (κ3) is 3.73. The van der Waals surface area contributed by atoms with Crippen LogP contribution in [0.3, 0.4) is 0 Å². The van der Waals surface area contributed by atoms with Crippen LogP contribution in [0, 0.1) is 5.92 Å². The molecule has 1 heterocycles. The Balaban J connectivity index is 1.58. The lowest BCUT2D eigenvalue weighted by Gasteiger charge is -2.27. The SMILES string of the molecule is CC(C)COc1ccc(CC2CNc3ccccc3O2)cc1. The van der Waals surface area contributed by atoms with E-state index in [1.807, 2.05) is 36.4 Å². The second-order valence-electron chi connectivity index (χ2n) is 6.17. The third-order valence-corrected chi connectivity index (χ3v) is 3.67. The van der Waals surface area contributed by atoms with Gasteiger partial charge in [0, 0.05) is 6.42 Å². The fourth-order valence-electron chi connectivity index (χ4n) is 2.52. The predicted molar refractivity (Wildman–Crippen MR) is 89.8 cm³/mol. The van der Waals surface area contributed by atoms with Crippen molar-refractivity contribution in [1.29, 1.82) is 0 Å². The second kappa shape index (κ2) is 6.73. The minimum absolute atomic E-state index is 0.164. The van der Waals surface area contributed by atoms with Gasteiger partial charge in [0.2, 0.25) is 0 Å². The van der Waals surface area contributed by atoms with E-state index in [4.69, 9.17) is 9.47 Å². The molecule has 3 heteroatoms. The second-order valence-corrected chi connectivity index (χ2v) is 6.17. The first kappa shape index (κ1) is 14.8. The molecule has 0 saturated heterocycles. The zero-order valence-corrected chi connectivity index (χ0v) is 13.2. The van der Waals surface area contributed by atoms with Gasteiger partial charge in [-0.05, 0) is 35.7 Å². The Hall–Kier alpha value is -2.16. The fraction of sp³-hybridized carbons (Fsp3) is 0.368. The number of ether oxygens (including phenoxy) is 2. The van der Waals surface area contributed by atoms with Crippen LogP contribution in [0.1, 0.15) is 19.4 Å². The minimum Gasteiger partial charge on any atom is -0.493 e. The first-order valence-corrected chi connectivity index (χ1v) is 7.92. The van der Waals surface area contributed by atoms with Crippen LogP contribution < -0.4 is 14.8 Å². The highest BCUT2D eigenvalue weighted by molar-refractivity contribution is 5.57. The van der Waals surface area contributed by atoms with Crippen molar-refractivity contribution >= 4 is 5.69 Å². The fourth-order valence-corrected chi connectivity index (χ4v) is 2.52. The van der Waals surface area contributed by atoms with Crippen molar-refractivity contribution in [3.05, 3.63) is 54.1 Å². The largest absolute Gasteiger partial charge is 0.493 e. The van der Waals surface area contributed by atoms with Crippen molar-refractivity contribution in [2.24, 2.45) is 5.92 Å². The molecule has 0 amide bonds. The summed E-state index contributed by atoms with van der Waals surface area (Å²) >= 11 is 0. The van der Waals surface area contributed by atoms with E-state index in [0.717, 1.165) is 36.8 Å². The van der Waals surface area contributed by atoms with Gasteiger partial charge in [-0.25, -0.2) is 0 Å². The van der Waals surface area contributed by atoms with E-state index in [0.29, 0.717) is 5.92 Å². The lowest BCUT2D eigenvalue weighted by atomic mass is 10.1. The number of hydrogen-bond acceptors (Lipinski definition) is 3. The maximum Gasteiger partial charge on any atom is 0.142 e. The van der Waals surface area contributed by atoms with Crippen molar-refractivity contribution in [3.8, 4) is 11.5 Å². The van der Waals surface area contributed by atoms with E-state index in [2.05, 4.69) is 31.3 Å². The van der Waals surface area contributed by atoms with Crippen molar-refractivity contribution in [1.82, 2.24) is 0 Å². The van der Waals surface area contributed by atoms with Gasteiger partial charge < -0.3 is 14.8 Å². The Morgan fingerprint density at radius 1 is 1.14 bits per heavy atom. The number of fused-ring (bicyclic) bond motifs is 1. The average molecular weight is 297 g/mol. The van der Waals surface area contributed by atoms with E-state index in [1.165, 1.54) is 5.56 Å². The number of para-hydroxylation sites is 2. The maximum absolute atomic E-state index is 6.05. The summed E-state index contributed by atoms with van der Waals surface area (Å²) in [6.07, 6.45) is 1.06. The molecule has 3 rings (SSSR count). The summed E-state index contributed by atoms with van der Waals surface area (Å²) in [5.74, 6) is 2.42. The number of anilines is 1. The van der Waals surface area contributed by atoms with E-state index in [1.54, 1.807) is 0 Å². The molecular weight excluding hydrogens is 274 g/mol. The highest BCUT2D eigenvalue weighted by Gasteiger charge is 2.18. The molecule has 0 fully saturated rings. The van der Waals surface area contributed by atoms with E-state index < -0.39 is 0 Å². The third-order valence-electron chi connectivity index (χ3n) is 3.67. The summed E-state index contributed by atoms with van der Waals surface area (Å²) in [4.78, 5) is 0. The molecule has 2 aromatic carbocycles. The molecule has 0 aliphatic carbocycles. The molecule has 3 nitrogen and oxygen atoms in total.